The van der Waals surface area contributed by atoms with Gasteiger partial charge in [-0.2, -0.15) is 0 Å². The number of amides is 1. The highest BCUT2D eigenvalue weighted by molar-refractivity contribution is 5.90. The molecule has 1 fully saturated rings. The molecule has 4 heteroatoms. The smallest absolute Gasteiger partial charge is 0.256 e. The fourth-order valence-corrected chi connectivity index (χ4v) is 1.90. The molecule has 0 spiro atoms. The van der Waals surface area contributed by atoms with Crippen LogP contribution >= 0.6 is 0 Å². The molecule has 0 atom stereocenters. The lowest BCUT2D eigenvalue weighted by atomic mass is 9.95. The summed E-state index contributed by atoms with van der Waals surface area (Å²) < 4.78 is 12.8. The van der Waals surface area contributed by atoms with Crippen LogP contribution in [0.5, 0.6) is 0 Å². The minimum absolute atomic E-state index is 0.0680. The van der Waals surface area contributed by atoms with Gasteiger partial charge in [0.25, 0.3) is 5.91 Å². The summed E-state index contributed by atoms with van der Waals surface area (Å²) in [7, 11) is 3.05. The highest BCUT2D eigenvalue weighted by atomic mass is 19.1. The molecule has 0 heterocycles. The standard InChI is InChI=1S/C12H14FNO2/c1-14(16-2)11(15)12(7-8-12)9-3-5-10(13)6-4-9/h3-6H,7-8H2,1-2H3. The van der Waals surface area contributed by atoms with Gasteiger partial charge >= 0.3 is 0 Å². The summed E-state index contributed by atoms with van der Waals surface area (Å²) >= 11 is 0. The Hall–Kier alpha value is -1.42. The molecule has 1 aromatic rings. The van der Waals surface area contributed by atoms with E-state index in [0.717, 1.165) is 18.4 Å². The van der Waals surface area contributed by atoms with E-state index in [2.05, 4.69) is 0 Å². The van der Waals surface area contributed by atoms with Crippen LogP contribution in [0, 0.1) is 5.82 Å². The van der Waals surface area contributed by atoms with Gasteiger partial charge in [0.15, 0.2) is 0 Å². The third-order valence-electron chi connectivity index (χ3n) is 3.12. The maximum atomic E-state index is 12.8. The molecule has 0 N–H and O–H groups in total. The third kappa shape index (κ3) is 1.69. The molecule has 1 amide bonds. The van der Waals surface area contributed by atoms with Gasteiger partial charge in [-0.1, -0.05) is 12.1 Å². The van der Waals surface area contributed by atoms with Crippen molar-refractivity contribution < 1.29 is 14.0 Å². The Morgan fingerprint density at radius 1 is 1.38 bits per heavy atom. The minimum Gasteiger partial charge on any atom is -0.275 e. The van der Waals surface area contributed by atoms with Crippen molar-refractivity contribution in [3.63, 3.8) is 0 Å². The molecule has 0 radical (unpaired) electrons. The van der Waals surface area contributed by atoms with Crippen molar-refractivity contribution in [1.82, 2.24) is 5.06 Å². The van der Waals surface area contributed by atoms with Crippen LogP contribution in [0.15, 0.2) is 24.3 Å². The predicted octanol–water partition coefficient (Wildman–Crippen LogP) is 1.88. The van der Waals surface area contributed by atoms with Crippen molar-refractivity contribution in [2.45, 2.75) is 18.3 Å². The normalized spacial score (nSPS) is 16.9. The average Bonchev–Trinajstić information content (AvgIpc) is 3.09. The van der Waals surface area contributed by atoms with Crippen molar-refractivity contribution in [1.29, 1.82) is 0 Å². The summed E-state index contributed by atoms with van der Waals surface area (Å²) in [6.07, 6.45) is 1.59. The number of hydrogen-bond acceptors (Lipinski definition) is 2. The Kier molecular flexibility index (Phi) is 2.68. The van der Waals surface area contributed by atoms with Gasteiger partial charge < -0.3 is 0 Å². The van der Waals surface area contributed by atoms with Crippen LogP contribution in [0.4, 0.5) is 4.39 Å². The molecule has 0 saturated heterocycles. The molecule has 0 unspecified atom stereocenters. The van der Waals surface area contributed by atoms with Crippen molar-refractivity contribution in [3.8, 4) is 0 Å². The molecule has 0 bridgehead atoms. The average molecular weight is 223 g/mol. The summed E-state index contributed by atoms with van der Waals surface area (Å²) in [4.78, 5) is 16.9. The second kappa shape index (κ2) is 3.87. The number of halogens is 1. The number of rotatable bonds is 3. The van der Waals surface area contributed by atoms with Crippen LogP contribution < -0.4 is 0 Å². The maximum absolute atomic E-state index is 12.8. The first-order chi connectivity index (χ1) is 7.60. The van der Waals surface area contributed by atoms with Gasteiger partial charge in [-0.15, -0.1) is 0 Å². The molecule has 0 aliphatic heterocycles. The first-order valence-corrected chi connectivity index (χ1v) is 5.18. The number of carbonyl (C=O) groups is 1. The second-order valence-electron chi connectivity index (χ2n) is 4.07. The first-order valence-electron chi connectivity index (χ1n) is 5.18. The largest absolute Gasteiger partial charge is 0.275 e. The van der Waals surface area contributed by atoms with E-state index in [9.17, 15) is 9.18 Å². The highest BCUT2D eigenvalue weighted by Gasteiger charge is 2.52. The van der Waals surface area contributed by atoms with Gasteiger partial charge in [0.2, 0.25) is 0 Å². The van der Waals surface area contributed by atoms with E-state index in [4.69, 9.17) is 4.84 Å². The fraction of sp³-hybridized carbons (Fsp3) is 0.417. The van der Waals surface area contributed by atoms with Crippen molar-refractivity contribution >= 4 is 5.91 Å². The maximum Gasteiger partial charge on any atom is 0.256 e. The highest BCUT2D eigenvalue weighted by Crippen LogP contribution is 2.49. The molecule has 1 saturated carbocycles. The fourth-order valence-electron chi connectivity index (χ4n) is 1.90. The molecule has 1 aliphatic carbocycles. The molecular weight excluding hydrogens is 209 g/mol. The number of hydrogen-bond donors (Lipinski definition) is 0. The summed E-state index contributed by atoms with van der Waals surface area (Å²) in [6, 6.07) is 6.11. The zero-order valence-electron chi connectivity index (χ0n) is 9.37. The summed E-state index contributed by atoms with van der Waals surface area (Å²) in [5.41, 5.74) is 0.376. The Morgan fingerprint density at radius 2 is 1.94 bits per heavy atom. The van der Waals surface area contributed by atoms with E-state index in [-0.39, 0.29) is 11.7 Å². The van der Waals surface area contributed by atoms with Crippen LogP contribution in [0.3, 0.4) is 0 Å². The number of hydroxylamine groups is 2. The van der Waals surface area contributed by atoms with Crippen molar-refractivity contribution in [2.24, 2.45) is 0 Å². The van der Waals surface area contributed by atoms with E-state index in [1.165, 1.54) is 24.3 Å². The van der Waals surface area contributed by atoms with E-state index in [1.54, 1.807) is 19.2 Å². The number of likely N-dealkylation sites (N-methyl/N-ethyl adjacent to an activating group) is 1. The molecule has 2 rings (SSSR count). The van der Waals surface area contributed by atoms with Gasteiger partial charge in [-0.05, 0) is 30.5 Å². The van der Waals surface area contributed by atoms with Crippen molar-refractivity contribution in [2.75, 3.05) is 14.2 Å². The topological polar surface area (TPSA) is 29.5 Å². The van der Waals surface area contributed by atoms with E-state index < -0.39 is 5.41 Å². The number of benzene rings is 1. The quantitative estimate of drug-likeness (QED) is 0.732. The van der Waals surface area contributed by atoms with Gasteiger partial charge in [0.05, 0.1) is 12.5 Å². The SMILES string of the molecule is CON(C)C(=O)C1(c2ccc(F)cc2)CC1. The lowest BCUT2D eigenvalue weighted by molar-refractivity contribution is -0.171. The van der Waals surface area contributed by atoms with Gasteiger partial charge in [0, 0.05) is 7.05 Å². The van der Waals surface area contributed by atoms with Crippen LogP contribution in [0.1, 0.15) is 18.4 Å². The van der Waals surface area contributed by atoms with E-state index in [1.807, 2.05) is 0 Å². The van der Waals surface area contributed by atoms with Gasteiger partial charge in [-0.25, -0.2) is 9.45 Å². The predicted molar refractivity (Wildman–Crippen MR) is 57.1 cm³/mol. The minimum atomic E-state index is -0.488. The summed E-state index contributed by atoms with van der Waals surface area (Å²) in [5, 5.41) is 1.23. The molecule has 3 nitrogen and oxygen atoms in total. The second-order valence-corrected chi connectivity index (χ2v) is 4.07. The lowest BCUT2D eigenvalue weighted by Crippen LogP contribution is -2.35. The Balaban J connectivity index is 2.26. The molecule has 16 heavy (non-hydrogen) atoms. The van der Waals surface area contributed by atoms with Crippen LogP contribution in [-0.2, 0) is 15.0 Å². The Bertz CT molecular complexity index is 398. The van der Waals surface area contributed by atoms with Gasteiger partial charge in [-0.3, -0.25) is 9.63 Å². The van der Waals surface area contributed by atoms with Crippen LogP contribution in [0.25, 0.3) is 0 Å². The monoisotopic (exact) mass is 223 g/mol. The van der Waals surface area contributed by atoms with E-state index >= 15 is 0 Å². The van der Waals surface area contributed by atoms with Crippen molar-refractivity contribution in [3.05, 3.63) is 35.6 Å². The number of nitrogens with zero attached hydrogens (tertiary/aromatic N) is 1. The van der Waals surface area contributed by atoms with E-state index in [0.29, 0.717) is 0 Å². The molecule has 0 aromatic heterocycles. The molecular formula is C12H14FNO2. The third-order valence-corrected chi connectivity index (χ3v) is 3.12. The van der Waals surface area contributed by atoms with Gasteiger partial charge in [0.1, 0.15) is 5.82 Å². The Morgan fingerprint density at radius 3 is 2.38 bits per heavy atom. The first kappa shape index (κ1) is 11.1. The summed E-state index contributed by atoms with van der Waals surface area (Å²) in [6.45, 7) is 0. The Labute approximate surface area is 93.8 Å². The zero-order valence-corrected chi connectivity index (χ0v) is 9.37. The molecule has 86 valence electrons. The lowest BCUT2D eigenvalue weighted by Gasteiger charge is -2.21. The number of carbonyl (C=O) groups excluding carboxylic acids is 1. The zero-order chi connectivity index (χ0) is 11.8. The molecule has 1 aliphatic rings. The van der Waals surface area contributed by atoms with Crippen LogP contribution in [0.2, 0.25) is 0 Å². The molecule has 1 aromatic carbocycles. The summed E-state index contributed by atoms with van der Waals surface area (Å²) in [5.74, 6) is -0.353. The van der Waals surface area contributed by atoms with Crippen LogP contribution in [-0.4, -0.2) is 25.1 Å².